The van der Waals surface area contributed by atoms with Crippen LogP contribution in [-0.2, 0) is 0 Å². The number of nitrogens with zero attached hydrogens (tertiary/aromatic N) is 2. The van der Waals surface area contributed by atoms with Gasteiger partial charge in [-0.15, -0.1) is 0 Å². The zero-order chi connectivity index (χ0) is 9.26. The van der Waals surface area contributed by atoms with Gasteiger partial charge in [0.1, 0.15) is 5.15 Å². The van der Waals surface area contributed by atoms with Crippen molar-refractivity contribution in [3.8, 4) is 11.3 Å². The lowest BCUT2D eigenvalue weighted by molar-refractivity contribution is 1.21. The molecule has 0 aliphatic rings. The van der Waals surface area contributed by atoms with Gasteiger partial charge in [-0.3, -0.25) is 4.98 Å². The van der Waals surface area contributed by atoms with E-state index in [0.29, 0.717) is 5.15 Å². The lowest BCUT2D eigenvalue weighted by Gasteiger charge is -1.97. The van der Waals surface area contributed by atoms with E-state index in [0.717, 1.165) is 15.7 Å². The highest BCUT2D eigenvalue weighted by Crippen LogP contribution is 2.30. The van der Waals surface area contributed by atoms with E-state index in [1.807, 2.05) is 10.8 Å². The molecular formula is C8H4BrClN2S. The minimum atomic E-state index is 0.413. The number of aromatic nitrogens is 2. The maximum atomic E-state index is 5.73. The van der Waals surface area contributed by atoms with E-state index in [2.05, 4.69) is 25.9 Å². The van der Waals surface area contributed by atoms with E-state index < -0.39 is 0 Å². The van der Waals surface area contributed by atoms with Gasteiger partial charge in [0, 0.05) is 20.8 Å². The fourth-order valence-electron chi connectivity index (χ4n) is 0.936. The molecule has 0 unspecified atom stereocenters. The zero-order valence-corrected chi connectivity index (χ0v) is 9.53. The minimum absolute atomic E-state index is 0.413. The quantitative estimate of drug-likeness (QED) is 0.794. The Hall–Kier alpha value is -0.450. The van der Waals surface area contributed by atoms with Crippen molar-refractivity contribution < 1.29 is 0 Å². The Bertz CT molecular complexity index is 430. The van der Waals surface area contributed by atoms with Crippen LogP contribution in [0, 0.1) is 0 Å². The predicted molar refractivity (Wildman–Crippen MR) is 58.1 cm³/mol. The molecule has 66 valence electrons. The summed E-state index contributed by atoms with van der Waals surface area (Å²) >= 11 is 10.8. The maximum Gasteiger partial charge on any atom is 0.148 e. The van der Waals surface area contributed by atoms with Crippen molar-refractivity contribution in [1.29, 1.82) is 0 Å². The fraction of sp³-hybridized carbons (Fsp3) is 0. The van der Waals surface area contributed by atoms with Crippen molar-refractivity contribution in [3.05, 3.63) is 32.8 Å². The van der Waals surface area contributed by atoms with E-state index in [9.17, 15) is 0 Å². The fourth-order valence-corrected chi connectivity index (χ4v) is 2.57. The molecule has 0 saturated heterocycles. The number of hydrogen-bond donors (Lipinski definition) is 0. The van der Waals surface area contributed by atoms with Crippen LogP contribution in [0.2, 0.25) is 5.15 Å². The first-order valence-corrected chi connectivity index (χ1v) is 5.58. The summed E-state index contributed by atoms with van der Waals surface area (Å²) in [5.41, 5.74) is 1.82. The van der Waals surface area contributed by atoms with Gasteiger partial charge in [0.2, 0.25) is 0 Å². The average molecular weight is 276 g/mol. The van der Waals surface area contributed by atoms with Gasteiger partial charge in [-0.2, -0.15) is 11.3 Å². The van der Waals surface area contributed by atoms with Crippen LogP contribution in [0.3, 0.4) is 0 Å². The second-order valence-electron chi connectivity index (χ2n) is 2.36. The SMILES string of the molecule is Clc1cncc(-c2cscc2Br)n1. The van der Waals surface area contributed by atoms with Crippen molar-refractivity contribution in [2.45, 2.75) is 0 Å². The maximum absolute atomic E-state index is 5.73. The lowest BCUT2D eigenvalue weighted by atomic mass is 10.2. The van der Waals surface area contributed by atoms with E-state index in [-0.39, 0.29) is 0 Å². The Morgan fingerprint density at radius 2 is 2.15 bits per heavy atom. The van der Waals surface area contributed by atoms with Crippen molar-refractivity contribution >= 4 is 38.9 Å². The van der Waals surface area contributed by atoms with Gasteiger partial charge in [0.25, 0.3) is 0 Å². The molecule has 0 radical (unpaired) electrons. The Morgan fingerprint density at radius 3 is 2.77 bits per heavy atom. The van der Waals surface area contributed by atoms with Crippen molar-refractivity contribution in [3.63, 3.8) is 0 Å². The van der Waals surface area contributed by atoms with Gasteiger partial charge in [0.15, 0.2) is 0 Å². The highest BCUT2D eigenvalue weighted by Gasteiger charge is 2.05. The molecule has 2 aromatic rings. The molecule has 0 spiro atoms. The summed E-state index contributed by atoms with van der Waals surface area (Å²) < 4.78 is 1.02. The molecule has 0 fully saturated rings. The highest BCUT2D eigenvalue weighted by molar-refractivity contribution is 9.10. The smallest absolute Gasteiger partial charge is 0.148 e. The molecule has 0 saturated carbocycles. The molecule has 5 heteroatoms. The van der Waals surface area contributed by atoms with Crippen LogP contribution in [-0.4, -0.2) is 9.97 Å². The number of thiophene rings is 1. The molecule has 2 heterocycles. The van der Waals surface area contributed by atoms with Gasteiger partial charge in [-0.1, -0.05) is 11.6 Å². The van der Waals surface area contributed by atoms with Crippen LogP contribution < -0.4 is 0 Å². The zero-order valence-electron chi connectivity index (χ0n) is 6.37. The van der Waals surface area contributed by atoms with E-state index in [4.69, 9.17) is 11.6 Å². The first-order valence-electron chi connectivity index (χ1n) is 3.47. The third-order valence-corrected chi connectivity index (χ3v) is 3.38. The molecular weight excluding hydrogens is 272 g/mol. The second kappa shape index (κ2) is 3.74. The van der Waals surface area contributed by atoms with Gasteiger partial charge < -0.3 is 0 Å². The van der Waals surface area contributed by atoms with Gasteiger partial charge in [-0.25, -0.2) is 4.98 Å². The number of rotatable bonds is 1. The normalized spacial score (nSPS) is 10.3. The van der Waals surface area contributed by atoms with Crippen LogP contribution in [0.15, 0.2) is 27.6 Å². The standard InChI is InChI=1S/C8H4BrClN2S/c9-6-4-13-3-5(6)7-1-11-2-8(10)12-7/h1-4H. The van der Waals surface area contributed by atoms with Crippen molar-refractivity contribution in [1.82, 2.24) is 9.97 Å². The van der Waals surface area contributed by atoms with Crippen LogP contribution in [0.25, 0.3) is 11.3 Å². The molecule has 2 rings (SSSR count). The van der Waals surface area contributed by atoms with Crippen molar-refractivity contribution in [2.75, 3.05) is 0 Å². The molecule has 0 bridgehead atoms. The van der Waals surface area contributed by atoms with E-state index in [1.165, 1.54) is 6.20 Å². The minimum Gasteiger partial charge on any atom is -0.259 e. The van der Waals surface area contributed by atoms with Gasteiger partial charge in [0.05, 0.1) is 18.1 Å². The van der Waals surface area contributed by atoms with Crippen LogP contribution in [0.4, 0.5) is 0 Å². The molecule has 13 heavy (non-hydrogen) atoms. The van der Waals surface area contributed by atoms with Crippen molar-refractivity contribution in [2.24, 2.45) is 0 Å². The monoisotopic (exact) mass is 274 g/mol. The average Bonchev–Trinajstić information content (AvgIpc) is 2.51. The molecule has 0 aromatic carbocycles. The number of hydrogen-bond acceptors (Lipinski definition) is 3. The van der Waals surface area contributed by atoms with E-state index in [1.54, 1.807) is 17.5 Å². The van der Waals surface area contributed by atoms with Crippen LogP contribution in [0.1, 0.15) is 0 Å². The summed E-state index contributed by atoms with van der Waals surface area (Å²) in [6, 6.07) is 0. The van der Waals surface area contributed by atoms with Crippen LogP contribution >= 0.6 is 38.9 Å². The second-order valence-corrected chi connectivity index (χ2v) is 4.35. The highest BCUT2D eigenvalue weighted by atomic mass is 79.9. The largest absolute Gasteiger partial charge is 0.259 e. The summed E-state index contributed by atoms with van der Waals surface area (Å²) in [5, 5.41) is 4.41. The third-order valence-electron chi connectivity index (χ3n) is 1.50. The first kappa shape index (κ1) is 9.12. The van der Waals surface area contributed by atoms with Crippen LogP contribution in [0.5, 0.6) is 0 Å². The molecule has 2 nitrogen and oxygen atoms in total. The third kappa shape index (κ3) is 1.90. The molecule has 2 aromatic heterocycles. The Labute approximate surface area is 92.7 Å². The Morgan fingerprint density at radius 1 is 1.31 bits per heavy atom. The molecule has 0 amide bonds. The van der Waals surface area contributed by atoms with Gasteiger partial charge in [-0.05, 0) is 15.9 Å². The molecule has 0 N–H and O–H groups in total. The Balaban J connectivity index is 2.53. The summed E-state index contributed by atoms with van der Waals surface area (Å²) in [6.07, 6.45) is 3.21. The molecule has 0 aliphatic heterocycles. The summed E-state index contributed by atoms with van der Waals surface area (Å²) in [7, 11) is 0. The van der Waals surface area contributed by atoms with Gasteiger partial charge >= 0.3 is 0 Å². The summed E-state index contributed by atoms with van der Waals surface area (Å²) in [6.45, 7) is 0. The lowest BCUT2D eigenvalue weighted by Crippen LogP contribution is -1.84. The topological polar surface area (TPSA) is 25.8 Å². The summed E-state index contributed by atoms with van der Waals surface area (Å²) in [4.78, 5) is 8.13. The number of halogens is 2. The van der Waals surface area contributed by atoms with E-state index >= 15 is 0 Å². The molecule has 0 atom stereocenters. The Kier molecular flexibility index (Phi) is 2.62. The first-order chi connectivity index (χ1) is 6.27. The predicted octanol–water partition coefficient (Wildman–Crippen LogP) is 3.62. The molecule has 0 aliphatic carbocycles. The summed E-state index contributed by atoms with van der Waals surface area (Å²) in [5.74, 6) is 0.